The highest BCUT2D eigenvalue weighted by molar-refractivity contribution is 9.10. The average molecular weight is 382 g/mol. The van der Waals surface area contributed by atoms with Crippen molar-refractivity contribution in [2.75, 3.05) is 13.2 Å². The first-order valence-electron chi connectivity index (χ1n) is 6.14. The molecule has 1 aliphatic rings. The second-order valence-electron chi connectivity index (χ2n) is 4.67. The van der Waals surface area contributed by atoms with E-state index in [9.17, 15) is 22.7 Å². The normalized spacial score (nSPS) is 19.9. The van der Waals surface area contributed by atoms with Crippen LogP contribution < -0.4 is 0 Å². The summed E-state index contributed by atoms with van der Waals surface area (Å²) in [5.41, 5.74) is -0.720. The summed E-state index contributed by atoms with van der Waals surface area (Å²) in [4.78, 5) is 10.3. The lowest BCUT2D eigenvalue weighted by Gasteiger charge is -2.23. The molecule has 0 spiro atoms. The number of carboxylic acid groups (broad SMARTS) is 1. The van der Waals surface area contributed by atoms with Crippen LogP contribution in [-0.4, -0.2) is 48.1 Å². The van der Waals surface area contributed by atoms with E-state index in [4.69, 9.17) is 5.11 Å². The molecule has 0 bridgehead atoms. The number of sulfonamides is 1. The SMILES string of the molecule is O=C(O)c1cc(Br)cc(S(=O)(=O)N2CCC[C@H]2CO)c1F. The largest absolute Gasteiger partial charge is 0.478 e. The molecule has 0 aromatic heterocycles. The lowest BCUT2D eigenvalue weighted by molar-refractivity contribution is 0.0691. The summed E-state index contributed by atoms with van der Waals surface area (Å²) in [6.45, 7) is -0.192. The van der Waals surface area contributed by atoms with Crippen molar-refractivity contribution in [1.82, 2.24) is 4.31 Å². The summed E-state index contributed by atoms with van der Waals surface area (Å²) in [6, 6.07) is 1.43. The first kappa shape index (κ1) is 16.3. The molecule has 9 heteroatoms. The number of nitrogens with zero attached hydrogens (tertiary/aromatic N) is 1. The van der Waals surface area contributed by atoms with Gasteiger partial charge in [-0.3, -0.25) is 0 Å². The van der Waals surface area contributed by atoms with E-state index >= 15 is 0 Å². The predicted octanol–water partition coefficient (Wildman–Crippen LogP) is 1.43. The highest BCUT2D eigenvalue weighted by atomic mass is 79.9. The second kappa shape index (κ2) is 5.99. The van der Waals surface area contributed by atoms with Gasteiger partial charge in [-0.15, -0.1) is 0 Å². The van der Waals surface area contributed by atoms with E-state index in [0.717, 1.165) is 16.4 Å². The van der Waals surface area contributed by atoms with Crippen molar-refractivity contribution in [2.45, 2.75) is 23.8 Å². The Morgan fingerprint density at radius 3 is 2.71 bits per heavy atom. The van der Waals surface area contributed by atoms with Crippen LogP contribution in [0.25, 0.3) is 0 Å². The zero-order chi connectivity index (χ0) is 15.8. The van der Waals surface area contributed by atoms with Gasteiger partial charge in [0.05, 0.1) is 12.2 Å². The average Bonchev–Trinajstić information content (AvgIpc) is 2.89. The zero-order valence-electron chi connectivity index (χ0n) is 10.8. The predicted molar refractivity (Wildman–Crippen MR) is 75.1 cm³/mol. The molecule has 6 nitrogen and oxygen atoms in total. The van der Waals surface area contributed by atoms with Gasteiger partial charge in [0.1, 0.15) is 4.90 Å². The quantitative estimate of drug-likeness (QED) is 0.822. The summed E-state index contributed by atoms with van der Waals surface area (Å²) in [5.74, 6) is -2.85. The van der Waals surface area contributed by atoms with Crippen molar-refractivity contribution >= 4 is 31.9 Å². The summed E-state index contributed by atoms with van der Waals surface area (Å²) in [6.07, 6.45) is 1.04. The Hall–Kier alpha value is -1.03. The van der Waals surface area contributed by atoms with Crippen LogP contribution in [0.2, 0.25) is 0 Å². The van der Waals surface area contributed by atoms with Gasteiger partial charge in [0.25, 0.3) is 0 Å². The van der Waals surface area contributed by atoms with Crippen LogP contribution >= 0.6 is 15.9 Å². The van der Waals surface area contributed by atoms with Crippen LogP contribution in [0.5, 0.6) is 0 Å². The fourth-order valence-corrected chi connectivity index (χ4v) is 4.75. The number of carbonyl (C=O) groups is 1. The van der Waals surface area contributed by atoms with Crippen molar-refractivity contribution in [1.29, 1.82) is 0 Å². The lowest BCUT2D eigenvalue weighted by atomic mass is 10.2. The molecule has 1 fully saturated rings. The summed E-state index contributed by atoms with van der Waals surface area (Å²) in [5, 5.41) is 18.1. The molecule has 1 aliphatic heterocycles. The molecule has 1 heterocycles. The Kier molecular flexibility index (Phi) is 4.66. The zero-order valence-corrected chi connectivity index (χ0v) is 13.2. The third-order valence-electron chi connectivity index (χ3n) is 3.35. The first-order valence-corrected chi connectivity index (χ1v) is 8.37. The molecular weight excluding hydrogens is 369 g/mol. The lowest BCUT2D eigenvalue weighted by Crippen LogP contribution is -2.38. The number of aliphatic hydroxyl groups excluding tert-OH is 1. The number of halogens is 2. The first-order chi connectivity index (χ1) is 9.78. The number of aromatic carboxylic acids is 1. The van der Waals surface area contributed by atoms with E-state index in [1.807, 2.05) is 0 Å². The number of aliphatic hydroxyl groups is 1. The van der Waals surface area contributed by atoms with E-state index < -0.39 is 38.3 Å². The molecule has 1 saturated heterocycles. The van der Waals surface area contributed by atoms with Crippen LogP contribution in [0.3, 0.4) is 0 Å². The molecule has 0 unspecified atom stereocenters. The van der Waals surface area contributed by atoms with Crippen molar-refractivity contribution in [2.24, 2.45) is 0 Å². The van der Waals surface area contributed by atoms with Gasteiger partial charge in [-0.2, -0.15) is 4.31 Å². The molecule has 1 atom stereocenters. The molecule has 0 aliphatic carbocycles. The van der Waals surface area contributed by atoms with Crippen LogP contribution in [0.1, 0.15) is 23.2 Å². The molecule has 0 amide bonds. The molecule has 116 valence electrons. The Morgan fingerprint density at radius 2 is 2.14 bits per heavy atom. The molecule has 2 N–H and O–H groups in total. The van der Waals surface area contributed by atoms with Gasteiger partial charge in [0, 0.05) is 17.1 Å². The number of benzene rings is 1. The van der Waals surface area contributed by atoms with Crippen molar-refractivity contribution in [3.8, 4) is 0 Å². The highest BCUT2D eigenvalue weighted by Crippen LogP contribution is 2.30. The maximum atomic E-state index is 14.2. The van der Waals surface area contributed by atoms with Gasteiger partial charge in [-0.05, 0) is 25.0 Å². The second-order valence-corrected chi connectivity index (χ2v) is 7.44. The topological polar surface area (TPSA) is 94.9 Å². The van der Waals surface area contributed by atoms with Crippen molar-refractivity contribution in [3.63, 3.8) is 0 Å². The van der Waals surface area contributed by atoms with Crippen LogP contribution in [0.15, 0.2) is 21.5 Å². The number of carboxylic acids is 1. The number of rotatable bonds is 4. The number of hydrogen-bond acceptors (Lipinski definition) is 4. The molecule has 0 saturated carbocycles. The Labute approximate surface area is 129 Å². The van der Waals surface area contributed by atoms with Crippen molar-refractivity contribution < 1.29 is 27.8 Å². The fourth-order valence-electron chi connectivity index (χ4n) is 2.34. The Balaban J connectivity index is 2.57. The van der Waals surface area contributed by atoms with Crippen LogP contribution in [0, 0.1) is 5.82 Å². The molecule has 1 aromatic rings. The van der Waals surface area contributed by atoms with Gasteiger partial charge in [-0.1, -0.05) is 15.9 Å². The van der Waals surface area contributed by atoms with Gasteiger partial charge < -0.3 is 10.2 Å². The molecule has 21 heavy (non-hydrogen) atoms. The van der Waals surface area contributed by atoms with E-state index in [2.05, 4.69) is 15.9 Å². The van der Waals surface area contributed by atoms with Crippen LogP contribution in [0.4, 0.5) is 4.39 Å². The Morgan fingerprint density at radius 1 is 1.48 bits per heavy atom. The minimum absolute atomic E-state index is 0.152. The summed E-state index contributed by atoms with van der Waals surface area (Å²) >= 11 is 2.99. The molecule has 2 rings (SSSR count). The highest BCUT2D eigenvalue weighted by Gasteiger charge is 2.37. The van der Waals surface area contributed by atoms with Gasteiger partial charge in [0.2, 0.25) is 10.0 Å². The third kappa shape index (κ3) is 2.96. The van der Waals surface area contributed by atoms with Gasteiger partial charge in [-0.25, -0.2) is 17.6 Å². The van der Waals surface area contributed by atoms with Crippen molar-refractivity contribution in [3.05, 3.63) is 28.0 Å². The smallest absolute Gasteiger partial charge is 0.338 e. The van der Waals surface area contributed by atoms with E-state index in [0.29, 0.717) is 12.8 Å². The molecule has 0 radical (unpaired) electrons. The maximum Gasteiger partial charge on any atom is 0.338 e. The molecular formula is C12H13BrFNO5S. The standard InChI is InChI=1S/C12H13BrFNO5S/c13-7-4-9(12(17)18)11(14)10(5-7)21(19,20)15-3-1-2-8(15)6-16/h4-5,8,16H,1-3,6H2,(H,17,18)/t8-/m0/s1. The van der Waals surface area contributed by atoms with Crippen LogP contribution in [-0.2, 0) is 10.0 Å². The minimum Gasteiger partial charge on any atom is -0.478 e. The van der Waals surface area contributed by atoms with Gasteiger partial charge in [0.15, 0.2) is 5.82 Å². The maximum absolute atomic E-state index is 14.2. The minimum atomic E-state index is -4.20. The summed E-state index contributed by atoms with van der Waals surface area (Å²) in [7, 11) is -4.20. The number of hydrogen-bond donors (Lipinski definition) is 2. The monoisotopic (exact) mass is 381 g/mol. The van der Waals surface area contributed by atoms with E-state index in [1.165, 1.54) is 0 Å². The molecule has 1 aromatic carbocycles. The van der Waals surface area contributed by atoms with E-state index in [1.54, 1.807) is 0 Å². The third-order valence-corrected chi connectivity index (χ3v) is 5.76. The Bertz CT molecular complexity index is 678. The fraction of sp³-hybridized carbons (Fsp3) is 0.417. The van der Waals surface area contributed by atoms with Gasteiger partial charge >= 0.3 is 5.97 Å². The van der Waals surface area contributed by atoms with E-state index in [-0.39, 0.29) is 17.6 Å². The summed E-state index contributed by atoms with van der Waals surface area (Å²) < 4.78 is 40.4.